The fraction of sp³-hybridized carbons (Fsp3) is 0.900. The molecule has 5 aliphatic rings. The van der Waals surface area contributed by atoms with Crippen molar-refractivity contribution >= 4 is 5.97 Å². The zero-order valence-corrected chi connectivity index (χ0v) is 22.2. The molecule has 5 rings (SSSR count). The van der Waals surface area contributed by atoms with E-state index in [0.29, 0.717) is 23.7 Å². The number of carbonyl (C=O) groups is 1. The summed E-state index contributed by atoms with van der Waals surface area (Å²) in [6.07, 6.45) is 11.6. The topological polar surface area (TPSA) is 57.5 Å². The molecule has 3 nitrogen and oxygen atoms in total. The van der Waals surface area contributed by atoms with Gasteiger partial charge in [0.05, 0.1) is 11.5 Å². The molecule has 186 valence electrons. The van der Waals surface area contributed by atoms with Crippen molar-refractivity contribution in [3.05, 3.63) is 11.6 Å². The first kappa shape index (κ1) is 23.9. The lowest BCUT2D eigenvalue weighted by molar-refractivity contribution is -0.206. The Morgan fingerprint density at radius 1 is 0.909 bits per heavy atom. The molecule has 0 aromatic heterocycles. The van der Waals surface area contributed by atoms with Gasteiger partial charge in [-0.2, -0.15) is 0 Å². The summed E-state index contributed by atoms with van der Waals surface area (Å²) < 4.78 is 0. The maximum absolute atomic E-state index is 12.8. The lowest BCUT2D eigenvalue weighted by Crippen LogP contribution is -2.65. The minimum atomic E-state index is -0.557. The van der Waals surface area contributed by atoms with Crippen LogP contribution in [0.4, 0.5) is 0 Å². The minimum absolute atomic E-state index is 0.0302. The Hall–Kier alpha value is -0.830. The molecule has 0 saturated heterocycles. The SMILES string of the molecule is C[C@@H]1[C@H](C)CC[C@]2(C(=O)O)CC[C@]3(C)C(=CC[C@@H]4[C@@]5(C)CC[C@@H](O)C(C)(C)[C@@H]5CC[C@]43C)[C@@H]12. The first-order valence-corrected chi connectivity index (χ1v) is 13.9. The molecule has 0 aromatic carbocycles. The van der Waals surface area contributed by atoms with Crippen molar-refractivity contribution in [3.8, 4) is 0 Å². The molecule has 5 aliphatic carbocycles. The monoisotopic (exact) mass is 456 g/mol. The van der Waals surface area contributed by atoms with Crippen molar-refractivity contribution in [1.29, 1.82) is 0 Å². The highest BCUT2D eigenvalue weighted by molar-refractivity contribution is 5.76. The van der Waals surface area contributed by atoms with Crippen LogP contribution in [0.15, 0.2) is 11.6 Å². The van der Waals surface area contributed by atoms with Gasteiger partial charge in [0.25, 0.3) is 0 Å². The molecule has 0 radical (unpaired) electrons. The summed E-state index contributed by atoms with van der Waals surface area (Å²) in [6.45, 7) is 17.0. The van der Waals surface area contributed by atoms with Crippen LogP contribution in [0.1, 0.15) is 106 Å². The number of carboxylic acids is 1. The highest BCUT2D eigenvalue weighted by Crippen LogP contribution is 2.75. The molecule has 33 heavy (non-hydrogen) atoms. The van der Waals surface area contributed by atoms with Crippen molar-refractivity contribution in [2.75, 3.05) is 0 Å². The number of aliphatic carboxylic acids is 1. The summed E-state index contributed by atoms with van der Waals surface area (Å²) in [6, 6.07) is 0. The number of aliphatic hydroxyl groups excluding tert-OH is 1. The Labute approximate surface area is 201 Å². The lowest BCUT2D eigenvalue weighted by atomic mass is 9.33. The van der Waals surface area contributed by atoms with E-state index in [4.69, 9.17) is 0 Å². The van der Waals surface area contributed by atoms with Gasteiger partial charge in [0.1, 0.15) is 0 Å². The second-order valence-electron chi connectivity index (χ2n) is 14.5. The third-order valence-electron chi connectivity index (χ3n) is 13.4. The third-order valence-corrected chi connectivity index (χ3v) is 13.4. The molecule has 0 amide bonds. The van der Waals surface area contributed by atoms with Crippen LogP contribution in [0.25, 0.3) is 0 Å². The molecule has 0 aliphatic heterocycles. The summed E-state index contributed by atoms with van der Waals surface area (Å²) in [5.41, 5.74) is 1.46. The summed E-state index contributed by atoms with van der Waals surface area (Å²) in [5.74, 6) is 1.82. The number of hydrogen-bond donors (Lipinski definition) is 2. The molecular weight excluding hydrogens is 408 g/mol. The smallest absolute Gasteiger partial charge is 0.310 e. The van der Waals surface area contributed by atoms with E-state index in [1.165, 1.54) is 18.4 Å². The molecule has 3 heteroatoms. The van der Waals surface area contributed by atoms with Gasteiger partial charge in [-0.3, -0.25) is 4.79 Å². The fourth-order valence-electron chi connectivity index (χ4n) is 10.8. The van der Waals surface area contributed by atoms with Gasteiger partial charge in [-0.25, -0.2) is 0 Å². The minimum Gasteiger partial charge on any atom is -0.481 e. The second-order valence-corrected chi connectivity index (χ2v) is 14.5. The van der Waals surface area contributed by atoms with Crippen LogP contribution < -0.4 is 0 Å². The van der Waals surface area contributed by atoms with Gasteiger partial charge < -0.3 is 10.2 Å². The average molecular weight is 457 g/mol. The summed E-state index contributed by atoms with van der Waals surface area (Å²) in [4.78, 5) is 12.8. The van der Waals surface area contributed by atoms with Crippen LogP contribution in [0.5, 0.6) is 0 Å². The van der Waals surface area contributed by atoms with E-state index < -0.39 is 11.4 Å². The molecule has 0 spiro atoms. The predicted octanol–water partition coefficient (Wildman–Crippen LogP) is 7.09. The third kappa shape index (κ3) is 2.75. The van der Waals surface area contributed by atoms with Crippen LogP contribution in [0.3, 0.4) is 0 Å². The zero-order valence-electron chi connectivity index (χ0n) is 22.2. The Morgan fingerprint density at radius 3 is 2.27 bits per heavy atom. The predicted molar refractivity (Wildman–Crippen MR) is 133 cm³/mol. The molecule has 0 heterocycles. The Bertz CT molecular complexity index is 874. The maximum Gasteiger partial charge on any atom is 0.310 e. The quantitative estimate of drug-likeness (QED) is 0.414. The van der Waals surface area contributed by atoms with Crippen molar-refractivity contribution in [1.82, 2.24) is 0 Å². The molecule has 0 aromatic rings. The van der Waals surface area contributed by atoms with Crippen LogP contribution >= 0.6 is 0 Å². The first-order chi connectivity index (χ1) is 15.3. The van der Waals surface area contributed by atoms with Crippen LogP contribution in [0, 0.1) is 56.7 Å². The first-order valence-electron chi connectivity index (χ1n) is 13.9. The van der Waals surface area contributed by atoms with Gasteiger partial charge in [0, 0.05) is 0 Å². The van der Waals surface area contributed by atoms with E-state index >= 15 is 0 Å². The van der Waals surface area contributed by atoms with Gasteiger partial charge in [0.2, 0.25) is 0 Å². The molecule has 4 fully saturated rings. The van der Waals surface area contributed by atoms with Crippen LogP contribution in [-0.2, 0) is 4.79 Å². The fourth-order valence-corrected chi connectivity index (χ4v) is 10.8. The highest BCUT2D eigenvalue weighted by atomic mass is 16.4. The van der Waals surface area contributed by atoms with Gasteiger partial charge in [-0.1, -0.05) is 60.1 Å². The van der Waals surface area contributed by atoms with Crippen LogP contribution in [-0.4, -0.2) is 22.3 Å². The van der Waals surface area contributed by atoms with Gasteiger partial charge in [-0.05, 0) is 109 Å². The summed E-state index contributed by atoms with van der Waals surface area (Å²) >= 11 is 0. The molecular formula is C30H48O3. The van der Waals surface area contributed by atoms with Crippen molar-refractivity contribution in [2.24, 2.45) is 56.7 Å². The Balaban J connectivity index is 1.61. The van der Waals surface area contributed by atoms with Gasteiger partial charge >= 0.3 is 5.97 Å². The number of rotatable bonds is 1. The highest BCUT2D eigenvalue weighted by Gasteiger charge is 2.69. The summed E-state index contributed by atoms with van der Waals surface area (Å²) in [7, 11) is 0. The van der Waals surface area contributed by atoms with Crippen molar-refractivity contribution < 1.29 is 15.0 Å². The molecule has 10 atom stereocenters. The maximum atomic E-state index is 12.8. The standard InChI is InChI=1S/C30H48O3/c1-18-10-15-30(25(32)33)17-16-28(6)20(24(30)19(18)2)8-9-22-27(5)13-12-23(31)26(3,4)21(27)11-14-29(22,28)7/h8,18-19,21-24,31H,9-17H2,1-7H3,(H,32,33)/t18-,19-,21+,22-,23-,24-,27+,28-,29-,30+/m1/s1. The van der Waals surface area contributed by atoms with Gasteiger partial charge in [-0.15, -0.1) is 0 Å². The van der Waals surface area contributed by atoms with Crippen molar-refractivity contribution in [3.63, 3.8) is 0 Å². The van der Waals surface area contributed by atoms with E-state index in [2.05, 4.69) is 54.5 Å². The summed E-state index contributed by atoms with van der Waals surface area (Å²) in [5, 5.41) is 21.4. The molecule has 2 N–H and O–H groups in total. The second kappa shape index (κ2) is 7.11. The molecule has 0 unspecified atom stereocenters. The molecule has 4 saturated carbocycles. The normalized spacial score (nSPS) is 55.3. The van der Waals surface area contributed by atoms with E-state index in [1.54, 1.807) is 0 Å². The van der Waals surface area contributed by atoms with Crippen LogP contribution in [0.2, 0.25) is 0 Å². The Morgan fingerprint density at radius 2 is 1.61 bits per heavy atom. The average Bonchev–Trinajstić information content (AvgIpc) is 2.74. The number of allylic oxidation sites excluding steroid dienone is 2. The molecule has 0 bridgehead atoms. The van der Waals surface area contributed by atoms with Gasteiger partial charge in [0.15, 0.2) is 0 Å². The van der Waals surface area contributed by atoms with E-state index in [9.17, 15) is 15.0 Å². The number of aliphatic hydroxyl groups is 1. The number of hydrogen-bond acceptors (Lipinski definition) is 2. The van der Waals surface area contributed by atoms with Crippen molar-refractivity contribution in [2.45, 2.75) is 112 Å². The zero-order chi connectivity index (χ0) is 24.2. The van der Waals surface area contributed by atoms with E-state index in [0.717, 1.165) is 44.9 Å². The lowest BCUT2D eigenvalue weighted by Gasteiger charge is -2.71. The van der Waals surface area contributed by atoms with E-state index in [-0.39, 0.29) is 33.7 Å². The number of fused-ring (bicyclic) bond motifs is 7. The Kier molecular flexibility index (Phi) is 5.15. The van der Waals surface area contributed by atoms with E-state index in [1.807, 2.05) is 0 Å². The largest absolute Gasteiger partial charge is 0.481 e. The number of carboxylic acid groups (broad SMARTS) is 1.